The summed E-state index contributed by atoms with van der Waals surface area (Å²) in [6.07, 6.45) is -5.95. The van der Waals surface area contributed by atoms with Gasteiger partial charge in [0.15, 0.2) is 6.23 Å². The fourth-order valence-electron chi connectivity index (χ4n) is 1.41. The molecule has 0 aromatic rings. The van der Waals surface area contributed by atoms with Crippen LogP contribution in [0.2, 0.25) is 0 Å². The van der Waals surface area contributed by atoms with E-state index in [0.717, 1.165) is 12.6 Å². The first-order chi connectivity index (χ1) is 8.01. The van der Waals surface area contributed by atoms with E-state index in [-0.39, 0.29) is 0 Å². The smallest absolute Gasteiger partial charge is 0.245 e. The zero-order valence-corrected chi connectivity index (χ0v) is 8.35. The average molecular weight is 234 g/mol. The molecule has 0 radical (unpaired) electrons. The van der Waals surface area contributed by atoms with Crippen LogP contribution in [0.4, 0.5) is 0 Å². The minimum atomic E-state index is -1.54. The van der Waals surface area contributed by atoms with Crippen molar-refractivity contribution in [2.45, 2.75) is 30.6 Å². The van der Waals surface area contributed by atoms with Gasteiger partial charge >= 0.3 is 0 Å². The SMILES string of the molecule is [2H]C=CC(=O)NC1O[C@H](CO)[C@@H](O)[C@H](O)[C@@H]1O. The third-order valence-corrected chi connectivity index (χ3v) is 2.33. The Hall–Kier alpha value is -0.990. The molecule has 1 heterocycles. The average Bonchev–Trinajstić information content (AvgIpc) is 2.30. The van der Waals surface area contributed by atoms with Crippen LogP contribution in [0.1, 0.15) is 1.37 Å². The molecule has 1 aliphatic heterocycles. The molecule has 92 valence electrons. The number of ether oxygens (including phenoxy) is 1. The predicted molar refractivity (Wildman–Crippen MR) is 52.1 cm³/mol. The van der Waals surface area contributed by atoms with Crippen molar-refractivity contribution in [3.05, 3.63) is 12.6 Å². The van der Waals surface area contributed by atoms with E-state index in [4.69, 9.17) is 11.2 Å². The van der Waals surface area contributed by atoms with Crippen LogP contribution in [0, 0.1) is 0 Å². The quantitative estimate of drug-likeness (QED) is 0.334. The zero-order chi connectivity index (χ0) is 13.0. The Bertz CT molecular complexity index is 297. The minimum Gasteiger partial charge on any atom is -0.394 e. The van der Waals surface area contributed by atoms with Crippen LogP contribution in [0.15, 0.2) is 12.6 Å². The van der Waals surface area contributed by atoms with E-state index >= 15 is 0 Å². The Kier molecular flexibility index (Phi) is 3.86. The van der Waals surface area contributed by atoms with Gasteiger partial charge in [-0.3, -0.25) is 4.79 Å². The maximum absolute atomic E-state index is 11.1. The van der Waals surface area contributed by atoms with Gasteiger partial charge in [0.2, 0.25) is 5.91 Å². The summed E-state index contributed by atoms with van der Waals surface area (Å²) in [7, 11) is 0. The molecule has 1 unspecified atom stereocenters. The monoisotopic (exact) mass is 234 g/mol. The van der Waals surface area contributed by atoms with Crippen LogP contribution in [0.3, 0.4) is 0 Å². The summed E-state index contributed by atoms with van der Waals surface area (Å²) in [4.78, 5) is 11.1. The van der Waals surface area contributed by atoms with Crippen LogP contribution < -0.4 is 5.32 Å². The van der Waals surface area contributed by atoms with Crippen LogP contribution in [-0.4, -0.2) is 63.6 Å². The summed E-state index contributed by atoms with van der Waals surface area (Å²) in [6.45, 7) is 0.185. The van der Waals surface area contributed by atoms with Crippen molar-refractivity contribution in [3.8, 4) is 0 Å². The first-order valence-corrected chi connectivity index (χ1v) is 4.67. The van der Waals surface area contributed by atoms with Crippen LogP contribution in [-0.2, 0) is 9.53 Å². The number of hydrogen-bond donors (Lipinski definition) is 5. The zero-order valence-electron chi connectivity index (χ0n) is 9.35. The minimum absolute atomic E-state index is 0.564. The van der Waals surface area contributed by atoms with Gasteiger partial charge in [0.25, 0.3) is 0 Å². The normalized spacial score (nSPS) is 40.8. The molecule has 0 spiro atoms. The molecule has 7 nitrogen and oxygen atoms in total. The van der Waals surface area contributed by atoms with E-state index in [1.165, 1.54) is 0 Å². The molecule has 1 fully saturated rings. The molecule has 1 aliphatic rings. The summed E-state index contributed by atoms with van der Waals surface area (Å²) in [6, 6.07) is 0. The third kappa shape index (κ3) is 2.57. The molecular weight excluding hydrogens is 218 g/mol. The summed E-state index contributed by atoms with van der Waals surface area (Å²) < 4.78 is 11.7. The third-order valence-electron chi connectivity index (χ3n) is 2.33. The second-order valence-corrected chi connectivity index (χ2v) is 3.42. The molecule has 0 aromatic carbocycles. The highest BCUT2D eigenvalue weighted by Crippen LogP contribution is 2.19. The largest absolute Gasteiger partial charge is 0.394 e. The number of hydrogen-bond acceptors (Lipinski definition) is 6. The summed E-state index contributed by atoms with van der Waals surface area (Å²) in [5.74, 6) is -0.690. The molecule has 0 bridgehead atoms. The van der Waals surface area contributed by atoms with Gasteiger partial charge in [0.1, 0.15) is 24.4 Å². The fraction of sp³-hybridized carbons (Fsp3) is 0.667. The van der Waals surface area contributed by atoms with E-state index in [9.17, 15) is 20.1 Å². The van der Waals surface area contributed by atoms with Crippen molar-refractivity contribution in [1.82, 2.24) is 5.32 Å². The van der Waals surface area contributed by atoms with Crippen molar-refractivity contribution < 1.29 is 31.3 Å². The molecule has 0 aromatic heterocycles. The van der Waals surface area contributed by atoms with Gasteiger partial charge in [0, 0.05) is 0 Å². The lowest BCUT2D eigenvalue weighted by Gasteiger charge is -2.39. The Morgan fingerprint density at radius 2 is 2.12 bits per heavy atom. The number of rotatable bonds is 3. The second-order valence-electron chi connectivity index (χ2n) is 3.42. The Labute approximate surface area is 93.4 Å². The summed E-state index contributed by atoms with van der Waals surface area (Å²) in [5.41, 5.74) is 0. The lowest BCUT2D eigenvalue weighted by molar-refractivity contribution is -0.235. The molecule has 1 saturated heterocycles. The van der Waals surface area contributed by atoms with Gasteiger partial charge in [0.05, 0.1) is 7.98 Å². The number of nitrogens with one attached hydrogen (secondary N) is 1. The maximum atomic E-state index is 11.1. The molecule has 5 N–H and O–H groups in total. The highest BCUT2D eigenvalue weighted by molar-refractivity contribution is 5.87. The van der Waals surface area contributed by atoms with E-state index in [0.29, 0.717) is 0 Å². The Balaban J connectivity index is 2.68. The highest BCUT2D eigenvalue weighted by Gasteiger charge is 2.43. The van der Waals surface area contributed by atoms with Gasteiger partial charge in [-0.15, -0.1) is 0 Å². The van der Waals surface area contributed by atoms with Crippen molar-refractivity contribution in [1.29, 1.82) is 0 Å². The number of carbonyl (C=O) groups is 1. The molecule has 16 heavy (non-hydrogen) atoms. The number of aliphatic hydroxyl groups is 4. The lowest BCUT2D eigenvalue weighted by Crippen LogP contribution is -2.63. The van der Waals surface area contributed by atoms with Gasteiger partial charge in [-0.25, -0.2) is 0 Å². The van der Waals surface area contributed by atoms with Crippen LogP contribution >= 0.6 is 0 Å². The predicted octanol–water partition coefficient (Wildman–Crippen LogP) is -2.91. The number of aliphatic hydroxyl groups excluding tert-OH is 4. The van der Waals surface area contributed by atoms with Gasteiger partial charge < -0.3 is 30.5 Å². The number of amides is 1. The Morgan fingerprint density at radius 1 is 1.44 bits per heavy atom. The molecule has 1 amide bonds. The standard InChI is InChI=1S/C9H15NO6/c1-2-5(12)10-9-8(15)7(14)6(13)4(3-11)16-9/h2,4,6-9,11,13-15H,1,3H2,(H,10,12)/t4-,6-,7+,8+,9?/m1/s1/i1D. The maximum Gasteiger partial charge on any atom is 0.245 e. The molecular formula is C9H15NO6. The van der Waals surface area contributed by atoms with Crippen molar-refractivity contribution >= 4 is 5.91 Å². The topological polar surface area (TPSA) is 119 Å². The molecule has 7 heteroatoms. The van der Waals surface area contributed by atoms with Crippen molar-refractivity contribution in [3.63, 3.8) is 0 Å². The van der Waals surface area contributed by atoms with E-state index in [1.807, 2.05) is 0 Å². The van der Waals surface area contributed by atoms with Crippen LogP contribution in [0.25, 0.3) is 0 Å². The van der Waals surface area contributed by atoms with Crippen molar-refractivity contribution in [2.24, 2.45) is 0 Å². The van der Waals surface area contributed by atoms with Gasteiger partial charge in [-0.1, -0.05) is 6.55 Å². The molecule has 0 aliphatic carbocycles. The van der Waals surface area contributed by atoms with Crippen molar-refractivity contribution in [2.75, 3.05) is 6.61 Å². The van der Waals surface area contributed by atoms with E-state index in [2.05, 4.69) is 5.32 Å². The summed E-state index contributed by atoms with van der Waals surface area (Å²) in [5, 5.41) is 39.5. The number of carbonyl (C=O) groups excluding carboxylic acids is 1. The van der Waals surface area contributed by atoms with E-state index in [1.54, 1.807) is 0 Å². The first-order valence-electron chi connectivity index (χ1n) is 5.25. The van der Waals surface area contributed by atoms with Gasteiger partial charge in [-0.05, 0) is 6.08 Å². The highest BCUT2D eigenvalue weighted by atomic mass is 16.6. The summed E-state index contributed by atoms with van der Waals surface area (Å²) >= 11 is 0. The lowest BCUT2D eigenvalue weighted by atomic mass is 9.98. The Morgan fingerprint density at radius 3 is 2.69 bits per heavy atom. The first kappa shape index (κ1) is 11.5. The van der Waals surface area contributed by atoms with Gasteiger partial charge in [-0.2, -0.15) is 0 Å². The fourth-order valence-corrected chi connectivity index (χ4v) is 1.41. The molecule has 0 saturated carbocycles. The van der Waals surface area contributed by atoms with Crippen LogP contribution in [0.5, 0.6) is 0 Å². The van der Waals surface area contributed by atoms with E-state index < -0.39 is 43.2 Å². The molecule has 1 rings (SSSR count). The second kappa shape index (κ2) is 5.37. The molecule has 5 atom stereocenters.